The van der Waals surface area contributed by atoms with Gasteiger partial charge in [-0.2, -0.15) is 0 Å². The molecule has 1 fully saturated rings. The molecule has 1 saturated heterocycles. The van der Waals surface area contributed by atoms with Crippen molar-refractivity contribution in [2.75, 3.05) is 32.1 Å². The van der Waals surface area contributed by atoms with E-state index in [4.69, 9.17) is 5.11 Å². The first-order chi connectivity index (χ1) is 9.32. The van der Waals surface area contributed by atoms with E-state index in [2.05, 4.69) is 11.8 Å². The minimum atomic E-state index is -1.46. The summed E-state index contributed by atoms with van der Waals surface area (Å²) in [5.74, 6) is -3.52. The fraction of sp³-hybridized carbons (Fsp3) is 0.500. The molecular weight excluding hydrogens is 266 g/mol. The van der Waals surface area contributed by atoms with E-state index in [1.165, 1.54) is 6.07 Å². The zero-order chi connectivity index (χ0) is 15.0. The molecule has 1 N–H and O–H groups in total. The number of benzene rings is 1. The maximum absolute atomic E-state index is 14.0. The molecule has 20 heavy (non-hydrogen) atoms. The van der Waals surface area contributed by atoms with Crippen LogP contribution in [0.25, 0.3) is 0 Å². The number of hydrogen-bond acceptors (Lipinski definition) is 3. The van der Waals surface area contributed by atoms with E-state index in [9.17, 15) is 13.6 Å². The Labute approximate surface area is 116 Å². The normalized spacial score (nSPS) is 22.6. The van der Waals surface area contributed by atoms with Crippen LogP contribution in [0.2, 0.25) is 0 Å². The molecule has 110 valence electrons. The van der Waals surface area contributed by atoms with Crippen molar-refractivity contribution in [3.63, 3.8) is 0 Å². The summed E-state index contributed by atoms with van der Waals surface area (Å²) in [5, 5.41) is 8.78. The van der Waals surface area contributed by atoms with E-state index < -0.39 is 23.2 Å². The van der Waals surface area contributed by atoms with E-state index in [1.54, 1.807) is 4.90 Å². The van der Waals surface area contributed by atoms with E-state index >= 15 is 0 Å². The van der Waals surface area contributed by atoms with Gasteiger partial charge in [0.25, 0.3) is 0 Å². The first kappa shape index (κ1) is 14.7. The van der Waals surface area contributed by atoms with Crippen LogP contribution < -0.4 is 4.90 Å². The predicted octanol–water partition coefficient (Wildman–Crippen LogP) is 2.05. The van der Waals surface area contributed by atoms with Crippen LogP contribution in [0.1, 0.15) is 17.3 Å². The molecule has 1 aliphatic rings. The number of carboxylic acids is 1. The Morgan fingerprint density at radius 2 is 1.95 bits per heavy atom. The molecule has 2 rings (SSSR count). The summed E-state index contributed by atoms with van der Waals surface area (Å²) in [6.45, 7) is 3.27. The van der Waals surface area contributed by atoms with Gasteiger partial charge in [-0.15, -0.1) is 0 Å². The molecule has 1 aromatic rings. The second-order valence-corrected chi connectivity index (χ2v) is 5.48. The Bertz CT molecular complexity index is 534. The SMILES string of the molecule is CC1CN(c2ccc(C(=O)O)c(F)c2F)CC1N(C)C. The maximum Gasteiger partial charge on any atom is 0.338 e. The highest BCUT2D eigenvalue weighted by Gasteiger charge is 2.33. The highest BCUT2D eigenvalue weighted by molar-refractivity contribution is 5.88. The number of aromatic carboxylic acids is 1. The number of carboxylic acid groups (broad SMARTS) is 1. The van der Waals surface area contributed by atoms with Gasteiger partial charge < -0.3 is 14.9 Å². The summed E-state index contributed by atoms with van der Waals surface area (Å²) in [6.07, 6.45) is 0. The molecule has 0 radical (unpaired) electrons. The van der Waals surface area contributed by atoms with Crippen LogP contribution in [0.15, 0.2) is 12.1 Å². The largest absolute Gasteiger partial charge is 0.478 e. The molecule has 0 spiro atoms. The number of carbonyl (C=O) groups is 1. The zero-order valence-electron chi connectivity index (χ0n) is 11.7. The Kier molecular flexibility index (Phi) is 3.94. The smallest absolute Gasteiger partial charge is 0.338 e. The molecule has 0 aromatic heterocycles. The molecule has 1 heterocycles. The van der Waals surface area contributed by atoms with Crippen LogP contribution >= 0.6 is 0 Å². The third kappa shape index (κ3) is 2.47. The molecular formula is C14H18F2N2O2. The lowest BCUT2D eigenvalue weighted by Gasteiger charge is -2.23. The van der Waals surface area contributed by atoms with Gasteiger partial charge in [0.2, 0.25) is 0 Å². The average Bonchev–Trinajstić information content (AvgIpc) is 2.74. The fourth-order valence-corrected chi connectivity index (χ4v) is 2.77. The Morgan fingerprint density at radius 1 is 1.30 bits per heavy atom. The van der Waals surface area contributed by atoms with Gasteiger partial charge in [-0.05, 0) is 32.1 Å². The first-order valence-corrected chi connectivity index (χ1v) is 6.45. The zero-order valence-corrected chi connectivity index (χ0v) is 11.7. The quantitative estimate of drug-likeness (QED) is 0.922. The van der Waals surface area contributed by atoms with Gasteiger partial charge >= 0.3 is 5.97 Å². The molecule has 1 aromatic carbocycles. The summed E-state index contributed by atoms with van der Waals surface area (Å²) in [7, 11) is 3.91. The number of anilines is 1. The summed E-state index contributed by atoms with van der Waals surface area (Å²) in [5.41, 5.74) is -0.508. The van der Waals surface area contributed by atoms with Gasteiger partial charge in [0, 0.05) is 19.1 Å². The van der Waals surface area contributed by atoms with Crippen molar-refractivity contribution in [3.05, 3.63) is 29.3 Å². The standard InChI is InChI=1S/C14H18F2N2O2/c1-8-6-18(7-11(8)17(2)3)10-5-4-9(14(19)20)12(15)13(10)16/h4-5,8,11H,6-7H2,1-3H3,(H,19,20). The van der Waals surface area contributed by atoms with Crippen LogP contribution in [0.4, 0.5) is 14.5 Å². The van der Waals surface area contributed by atoms with Crippen LogP contribution in [0.3, 0.4) is 0 Å². The van der Waals surface area contributed by atoms with Crippen LogP contribution in [-0.2, 0) is 0 Å². The molecule has 0 amide bonds. The second-order valence-electron chi connectivity index (χ2n) is 5.48. The first-order valence-electron chi connectivity index (χ1n) is 6.45. The highest BCUT2D eigenvalue weighted by Crippen LogP contribution is 2.30. The van der Waals surface area contributed by atoms with Crippen LogP contribution in [0.5, 0.6) is 0 Å². The lowest BCUT2D eigenvalue weighted by molar-refractivity contribution is 0.0690. The minimum Gasteiger partial charge on any atom is -0.478 e. The van der Waals surface area contributed by atoms with Crippen molar-refractivity contribution in [2.45, 2.75) is 13.0 Å². The van der Waals surface area contributed by atoms with Crippen molar-refractivity contribution in [1.82, 2.24) is 4.90 Å². The van der Waals surface area contributed by atoms with Gasteiger partial charge in [0.1, 0.15) is 0 Å². The molecule has 0 aliphatic carbocycles. The lowest BCUT2D eigenvalue weighted by Crippen LogP contribution is -2.34. The molecule has 0 bridgehead atoms. The maximum atomic E-state index is 14.0. The summed E-state index contributed by atoms with van der Waals surface area (Å²) in [6, 6.07) is 2.72. The molecule has 4 nitrogen and oxygen atoms in total. The summed E-state index contributed by atoms with van der Waals surface area (Å²) in [4.78, 5) is 14.6. The minimum absolute atomic E-state index is 0.128. The Morgan fingerprint density at radius 3 is 2.45 bits per heavy atom. The molecule has 0 saturated carbocycles. The van der Waals surface area contributed by atoms with Crippen molar-refractivity contribution in [2.24, 2.45) is 5.92 Å². The number of likely N-dealkylation sites (N-methyl/N-ethyl adjacent to an activating group) is 1. The van der Waals surface area contributed by atoms with E-state index in [1.807, 2.05) is 14.1 Å². The molecule has 2 atom stereocenters. The predicted molar refractivity (Wildman–Crippen MR) is 72.2 cm³/mol. The van der Waals surface area contributed by atoms with E-state index in [0.717, 1.165) is 6.07 Å². The topological polar surface area (TPSA) is 43.8 Å². The van der Waals surface area contributed by atoms with E-state index in [0.29, 0.717) is 19.0 Å². The van der Waals surface area contributed by atoms with Crippen LogP contribution in [-0.4, -0.2) is 49.2 Å². The number of hydrogen-bond donors (Lipinski definition) is 1. The number of nitrogens with zero attached hydrogens (tertiary/aromatic N) is 2. The Hall–Kier alpha value is -1.69. The van der Waals surface area contributed by atoms with Crippen molar-refractivity contribution < 1.29 is 18.7 Å². The van der Waals surface area contributed by atoms with Crippen molar-refractivity contribution >= 4 is 11.7 Å². The van der Waals surface area contributed by atoms with Gasteiger partial charge in [-0.25, -0.2) is 13.6 Å². The summed E-state index contributed by atoms with van der Waals surface area (Å²) < 4.78 is 27.8. The Balaban J connectivity index is 2.31. The van der Waals surface area contributed by atoms with Crippen molar-refractivity contribution in [1.29, 1.82) is 0 Å². The van der Waals surface area contributed by atoms with E-state index in [-0.39, 0.29) is 11.7 Å². The average molecular weight is 284 g/mol. The highest BCUT2D eigenvalue weighted by atomic mass is 19.2. The van der Waals surface area contributed by atoms with Crippen molar-refractivity contribution in [3.8, 4) is 0 Å². The lowest BCUT2D eigenvalue weighted by atomic mass is 10.1. The van der Waals surface area contributed by atoms with Gasteiger partial charge in [0.15, 0.2) is 11.6 Å². The summed E-state index contributed by atoms with van der Waals surface area (Å²) >= 11 is 0. The fourth-order valence-electron chi connectivity index (χ4n) is 2.77. The monoisotopic (exact) mass is 284 g/mol. The third-order valence-electron chi connectivity index (χ3n) is 3.87. The van der Waals surface area contributed by atoms with Gasteiger partial charge in [-0.1, -0.05) is 6.92 Å². The number of halogens is 2. The van der Waals surface area contributed by atoms with Crippen LogP contribution in [0, 0.1) is 17.6 Å². The molecule has 1 aliphatic heterocycles. The van der Waals surface area contributed by atoms with Gasteiger partial charge in [-0.3, -0.25) is 0 Å². The third-order valence-corrected chi connectivity index (χ3v) is 3.87. The number of rotatable bonds is 3. The molecule has 6 heteroatoms. The molecule has 2 unspecified atom stereocenters. The van der Waals surface area contributed by atoms with Gasteiger partial charge in [0.05, 0.1) is 11.3 Å². The second kappa shape index (κ2) is 5.36.